The van der Waals surface area contributed by atoms with Gasteiger partial charge in [-0.25, -0.2) is 0 Å². The number of rotatable bonds is 5. The highest BCUT2D eigenvalue weighted by atomic mass is 16.2. The Morgan fingerprint density at radius 2 is 1.87 bits per heavy atom. The van der Waals surface area contributed by atoms with Crippen LogP contribution in [-0.2, 0) is 4.79 Å². The lowest BCUT2D eigenvalue weighted by molar-refractivity contribution is -0.128. The molecule has 4 rings (SSSR count). The number of anilines is 1. The number of benzene rings is 2. The molecule has 0 aromatic heterocycles. The van der Waals surface area contributed by atoms with Crippen molar-refractivity contribution in [3.63, 3.8) is 0 Å². The predicted octanol–water partition coefficient (Wildman–Crippen LogP) is 3.72. The van der Waals surface area contributed by atoms with E-state index in [1.807, 2.05) is 0 Å². The molecule has 2 fully saturated rings. The van der Waals surface area contributed by atoms with E-state index in [4.69, 9.17) is 0 Å². The second-order valence-electron chi connectivity index (χ2n) is 6.92. The highest BCUT2D eigenvalue weighted by molar-refractivity contribution is 5.86. The van der Waals surface area contributed by atoms with Crippen LogP contribution in [0.4, 0.5) is 5.69 Å². The van der Waals surface area contributed by atoms with E-state index in [0.717, 1.165) is 19.4 Å². The minimum Gasteiger partial charge on any atom is -0.369 e. The fourth-order valence-corrected chi connectivity index (χ4v) is 3.61. The van der Waals surface area contributed by atoms with Gasteiger partial charge in [-0.05, 0) is 55.5 Å². The maximum absolute atomic E-state index is 12.1. The molecular formula is C20H24N2O. The largest absolute Gasteiger partial charge is 0.369 e. The molecule has 0 saturated heterocycles. The zero-order valence-electron chi connectivity index (χ0n) is 13.7. The Bertz CT molecular complexity index is 716. The number of amides is 1. The van der Waals surface area contributed by atoms with Crippen LogP contribution in [0.25, 0.3) is 10.8 Å². The molecule has 2 aromatic carbocycles. The quantitative estimate of drug-likeness (QED) is 0.913. The van der Waals surface area contributed by atoms with Gasteiger partial charge >= 0.3 is 0 Å². The second-order valence-corrected chi connectivity index (χ2v) is 6.92. The molecule has 120 valence electrons. The summed E-state index contributed by atoms with van der Waals surface area (Å²) in [5.74, 6) is 0.494. The van der Waals surface area contributed by atoms with Crippen molar-refractivity contribution in [3.8, 4) is 0 Å². The third-order valence-electron chi connectivity index (χ3n) is 5.25. The maximum atomic E-state index is 12.1. The number of nitrogens with one attached hydrogen (secondary N) is 1. The summed E-state index contributed by atoms with van der Waals surface area (Å²) in [5, 5.41) is 5.70. The van der Waals surface area contributed by atoms with Crippen LogP contribution in [-0.4, -0.2) is 24.5 Å². The molecule has 23 heavy (non-hydrogen) atoms. The minimum atomic E-state index is 0.218. The number of carbonyl (C=O) groups excluding carboxylic acids is 1. The van der Waals surface area contributed by atoms with Crippen LogP contribution in [0.2, 0.25) is 0 Å². The summed E-state index contributed by atoms with van der Waals surface area (Å²) in [5.41, 5.74) is 1.28. The van der Waals surface area contributed by atoms with E-state index in [2.05, 4.69) is 59.6 Å². The van der Waals surface area contributed by atoms with Crippen LogP contribution in [0.1, 0.15) is 32.6 Å². The smallest absolute Gasteiger partial charge is 0.223 e. The van der Waals surface area contributed by atoms with Gasteiger partial charge in [-0.15, -0.1) is 0 Å². The number of hydrogen-bond acceptors (Lipinski definition) is 2. The van der Waals surface area contributed by atoms with Gasteiger partial charge in [-0.2, -0.15) is 0 Å². The molecule has 0 bridgehead atoms. The van der Waals surface area contributed by atoms with Crippen LogP contribution in [0.5, 0.6) is 0 Å². The molecule has 0 atom stereocenters. The maximum Gasteiger partial charge on any atom is 0.223 e. The lowest BCUT2D eigenvalue weighted by Crippen LogP contribution is -2.50. The normalized spacial score (nSPS) is 23.3. The predicted molar refractivity (Wildman–Crippen MR) is 94.6 cm³/mol. The van der Waals surface area contributed by atoms with Gasteiger partial charge < -0.3 is 10.2 Å². The van der Waals surface area contributed by atoms with Crippen molar-refractivity contribution in [1.82, 2.24) is 5.32 Å². The number of carbonyl (C=O) groups is 1. The average molecular weight is 308 g/mol. The number of fused-ring (bicyclic) bond motifs is 1. The van der Waals surface area contributed by atoms with Gasteiger partial charge in [0.2, 0.25) is 5.91 Å². The Labute approximate surface area is 137 Å². The molecule has 3 heteroatoms. The summed E-state index contributed by atoms with van der Waals surface area (Å²) < 4.78 is 0. The summed E-state index contributed by atoms with van der Waals surface area (Å²) >= 11 is 0. The summed E-state index contributed by atoms with van der Waals surface area (Å²) in [6.45, 7) is 3.19. The fourth-order valence-electron chi connectivity index (χ4n) is 3.61. The Morgan fingerprint density at radius 1 is 1.13 bits per heavy atom. The van der Waals surface area contributed by atoms with E-state index in [9.17, 15) is 4.79 Å². The summed E-state index contributed by atoms with van der Waals surface area (Å²) in [7, 11) is 0. The van der Waals surface area contributed by atoms with Crippen molar-refractivity contribution in [2.75, 3.05) is 11.4 Å². The molecule has 2 saturated carbocycles. The highest BCUT2D eigenvalue weighted by Gasteiger charge is 2.39. The minimum absolute atomic E-state index is 0.218. The number of nitrogens with zero attached hydrogens (tertiary/aromatic N) is 1. The topological polar surface area (TPSA) is 32.3 Å². The molecule has 1 amide bonds. The van der Waals surface area contributed by atoms with Crippen LogP contribution >= 0.6 is 0 Å². The van der Waals surface area contributed by atoms with Crippen LogP contribution in [0, 0.1) is 5.92 Å². The van der Waals surface area contributed by atoms with E-state index in [1.165, 1.54) is 29.3 Å². The molecule has 1 N–H and O–H groups in total. The molecule has 0 heterocycles. The van der Waals surface area contributed by atoms with Gasteiger partial charge in [0.05, 0.1) is 0 Å². The van der Waals surface area contributed by atoms with E-state index in [-0.39, 0.29) is 11.8 Å². The van der Waals surface area contributed by atoms with Crippen molar-refractivity contribution in [2.24, 2.45) is 5.92 Å². The zero-order chi connectivity index (χ0) is 15.8. The van der Waals surface area contributed by atoms with E-state index in [1.54, 1.807) is 0 Å². The fraction of sp³-hybridized carbons (Fsp3) is 0.450. The SMILES string of the molecule is CCN(c1ccc2ccccc2c1)C1CC(C(=O)NC2CC2)C1. The van der Waals surface area contributed by atoms with Gasteiger partial charge in [0.15, 0.2) is 0 Å². The van der Waals surface area contributed by atoms with Crippen LogP contribution in [0.3, 0.4) is 0 Å². The van der Waals surface area contributed by atoms with E-state index in [0.29, 0.717) is 12.1 Å². The Hall–Kier alpha value is -2.03. The van der Waals surface area contributed by atoms with Gasteiger partial charge in [0.1, 0.15) is 0 Å². The summed E-state index contributed by atoms with van der Waals surface area (Å²) in [6.07, 6.45) is 4.30. The van der Waals surface area contributed by atoms with E-state index >= 15 is 0 Å². The first kappa shape index (κ1) is 14.6. The highest BCUT2D eigenvalue weighted by Crippen LogP contribution is 2.36. The molecule has 2 aromatic rings. The van der Waals surface area contributed by atoms with Gasteiger partial charge in [0.25, 0.3) is 0 Å². The van der Waals surface area contributed by atoms with Crippen molar-refractivity contribution in [1.29, 1.82) is 0 Å². The van der Waals surface area contributed by atoms with Crippen molar-refractivity contribution in [2.45, 2.75) is 44.7 Å². The number of hydrogen-bond donors (Lipinski definition) is 1. The van der Waals surface area contributed by atoms with E-state index < -0.39 is 0 Å². The third-order valence-corrected chi connectivity index (χ3v) is 5.25. The zero-order valence-corrected chi connectivity index (χ0v) is 13.7. The lowest BCUT2D eigenvalue weighted by Gasteiger charge is -2.43. The Balaban J connectivity index is 1.44. The van der Waals surface area contributed by atoms with Crippen LogP contribution in [0.15, 0.2) is 42.5 Å². The molecule has 0 spiro atoms. The van der Waals surface area contributed by atoms with Crippen LogP contribution < -0.4 is 10.2 Å². The molecule has 2 aliphatic rings. The standard InChI is InChI=1S/C20H24N2O/c1-2-22(18-10-7-14-5-3-4-6-15(14)11-18)19-12-16(13-19)20(23)21-17-8-9-17/h3-7,10-11,16-17,19H,2,8-9,12-13H2,1H3,(H,21,23). The van der Waals surface area contributed by atoms with Crippen molar-refractivity contribution in [3.05, 3.63) is 42.5 Å². The van der Waals surface area contributed by atoms with Crippen molar-refractivity contribution < 1.29 is 4.79 Å². The molecular weight excluding hydrogens is 284 g/mol. The first-order valence-corrected chi connectivity index (χ1v) is 8.80. The van der Waals surface area contributed by atoms with Gasteiger partial charge in [-0.1, -0.05) is 30.3 Å². The van der Waals surface area contributed by atoms with Crippen molar-refractivity contribution >= 4 is 22.4 Å². The average Bonchev–Trinajstić information content (AvgIpc) is 3.33. The summed E-state index contributed by atoms with van der Waals surface area (Å²) in [4.78, 5) is 14.6. The monoisotopic (exact) mass is 308 g/mol. The Kier molecular flexibility index (Phi) is 3.72. The molecule has 3 nitrogen and oxygen atoms in total. The Morgan fingerprint density at radius 3 is 2.57 bits per heavy atom. The second kappa shape index (κ2) is 5.88. The van der Waals surface area contributed by atoms with Gasteiger partial charge in [0, 0.05) is 30.2 Å². The molecule has 2 aliphatic carbocycles. The first-order chi connectivity index (χ1) is 11.2. The third kappa shape index (κ3) is 2.92. The lowest BCUT2D eigenvalue weighted by atomic mass is 9.78. The molecule has 0 aliphatic heterocycles. The molecule has 0 unspecified atom stereocenters. The first-order valence-electron chi connectivity index (χ1n) is 8.80. The molecule has 0 radical (unpaired) electrons. The summed E-state index contributed by atoms with van der Waals surface area (Å²) in [6, 6.07) is 16.1. The van der Waals surface area contributed by atoms with Gasteiger partial charge in [-0.3, -0.25) is 4.79 Å².